The van der Waals surface area contributed by atoms with E-state index in [0.29, 0.717) is 5.82 Å². The van der Waals surface area contributed by atoms with Gasteiger partial charge in [-0.25, -0.2) is 4.98 Å². The SMILES string of the molecule is Cc1cc2nc(CO)n(CC(=O)O)c2cc1C. The number of carboxylic acid groups (broad SMARTS) is 1. The first-order valence-electron chi connectivity index (χ1n) is 5.32. The molecule has 0 bridgehead atoms. The van der Waals surface area contributed by atoms with Gasteiger partial charge in [-0.2, -0.15) is 0 Å². The van der Waals surface area contributed by atoms with Crippen molar-refractivity contribution in [1.82, 2.24) is 9.55 Å². The molecule has 0 aliphatic carbocycles. The Hall–Kier alpha value is -1.88. The number of rotatable bonds is 3. The minimum Gasteiger partial charge on any atom is -0.480 e. The Morgan fingerprint density at radius 2 is 2.00 bits per heavy atom. The molecule has 0 saturated heterocycles. The third-order valence-corrected chi connectivity index (χ3v) is 2.88. The number of fused-ring (bicyclic) bond motifs is 1. The van der Waals surface area contributed by atoms with Gasteiger partial charge >= 0.3 is 5.97 Å². The molecule has 0 aliphatic rings. The Morgan fingerprint density at radius 1 is 1.35 bits per heavy atom. The third-order valence-electron chi connectivity index (χ3n) is 2.88. The first-order chi connectivity index (χ1) is 8.02. The van der Waals surface area contributed by atoms with Crippen LogP contribution in [0.2, 0.25) is 0 Å². The Labute approximate surface area is 98.3 Å². The lowest BCUT2D eigenvalue weighted by molar-refractivity contribution is -0.137. The molecule has 2 aromatic rings. The predicted octanol–water partition coefficient (Wildman–Crippen LogP) is 1.23. The van der Waals surface area contributed by atoms with Crippen molar-refractivity contribution in [3.8, 4) is 0 Å². The number of hydrogen-bond acceptors (Lipinski definition) is 3. The highest BCUT2D eigenvalue weighted by Crippen LogP contribution is 2.20. The molecular formula is C12H14N2O3. The van der Waals surface area contributed by atoms with E-state index in [0.717, 1.165) is 22.2 Å². The second kappa shape index (κ2) is 4.18. The Bertz CT molecular complexity index is 587. The second-order valence-corrected chi connectivity index (χ2v) is 4.09. The monoisotopic (exact) mass is 234 g/mol. The average molecular weight is 234 g/mol. The summed E-state index contributed by atoms with van der Waals surface area (Å²) >= 11 is 0. The number of nitrogens with zero attached hydrogens (tertiary/aromatic N) is 2. The van der Waals surface area contributed by atoms with E-state index in [1.54, 1.807) is 0 Å². The minimum atomic E-state index is -0.947. The summed E-state index contributed by atoms with van der Waals surface area (Å²) < 4.78 is 1.53. The van der Waals surface area contributed by atoms with Crippen molar-refractivity contribution in [2.75, 3.05) is 0 Å². The lowest BCUT2D eigenvalue weighted by Crippen LogP contribution is -2.11. The van der Waals surface area contributed by atoms with Crippen LogP contribution in [0.25, 0.3) is 11.0 Å². The summed E-state index contributed by atoms with van der Waals surface area (Å²) in [4.78, 5) is 15.0. The van der Waals surface area contributed by atoms with E-state index in [2.05, 4.69) is 4.98 Å². The summed E-state index contributed by atoms with van der Waals surface area (Å²) in [7, 11) is 0. The zero-order valence-corrected chi connectivity index (χ0v) is 9.77. The summed E-state index contributed by atoms with van der Waals surface area (Å²) in [6, 6.07) is 3.81. The van der Waals surface area contributed by atoms with E-state index >= 15 is 0 Å². The molecule has 0 atom stereocenters. The molecule has 2 rings (SSSR count). The van der Waals surface area contributed by atoms with Gasteiger partial charge in [0.05, 0.1) is 11.0 Å². The third kappa shape index (κ3) is 2.01. The molecule has 1 heterocycles. The fourth-order valence-electron chi connectivity index (χ4n) is 1.86. The highest BCUT2D eigenvalue weighted by Gasteiger charge is 2.13. The van der Waals surface area contributed by atoms with Crippen molar-refractivity contribution in [3.63, 3.8) is 0 Å². The molecule has 0 unspecified atom stereocenters. The fraction of sp³-hybridized carbons (Fsp3) is 0.333. The molecule has 0 saturated carbocycles. The van der Waals surface area contributed by atoms with E-state index in [4.69, 9.17) is 5.11 Å². The Kier molecular flexibility index (Phi) is 2.85. The zero-order chi connectivity index (χ0) is 12.6. The zero-order valence-electron chi connectivity index (χ0n) is 9.77. The van der Waals surface area contributed by atoms with Crippen molar-refractivity contribution in [1.29, 1.82) is 0 Å². The van der Waals surface area contributed by atoms with Crippen LogP contribution < -0.4 is 0 Å². The average Bonchev–Trinajstić information content (AvgIpc) is 2.57. The van der Waals surface area contributed by atoms with Crippen molar-refractivity contribution in [2.24, 2.45) is 0 Å². The molecule has 0 radical (unpaired) electrons. The second-order valence-electron chi connectivity index (χ2n) is 4.09. The first kappa shape index (κ1) is 11.6. The van der Waals surface area contributed by atoms with Crippen LogP contribution in [0.3, 0.4) is 0 Å². The number of carbonyl (C=O) groups is 1. The van der Waals surface area contributed by atoms with Gasteiger partial charge in [0.2, 0.25) is 0 Å². The minimum absolute atomic E-state index is 0.186. The van der Waals surface area contributed by atoms with Gasteiger partial charge in [0.15, 0.2) is 0 Å². The highest BCUT2D eigenvalue weighted by molar-refractivity contribution is 5.80. The molecule has 0 fully saturated rings. The van der Waals surface area contributed by atoms with Crippen molar-refractivity contribution in [2.45, 2.75) is 27.0 Å². The van der Waals surface area contributed by atoms with E-state index in [1.165, 1.54) is 4.57 Å². The number of benzene rings is 1. The number of imidazole rings is 1. The molecule has 0 spiro atoms. The van der Waals surface area contributed by atoms with E-state index in [9.17, 15) is 9.90 Å². The fourth-order valence-corrected chi connectivity index (χ4v) is 1.86. The van der Waals surface area contributed by atoms with Crippen LogP contribution in [-0.2, 0) is 17.9 Å². The summed E-state index contributed by atoms with van der Waals surface area (Å²) in [5, 5.41) is 18.1. The van der Waals surface area contributed by atoms with Gasteiger partial charge in [0, 0.05) is 0 Å². The quantitative estimate of drug-likeness (QED) is 0.837. The van der Waals surface area contributed by atoms with Crippen molar-refractivity contribution in [3.05, 3.63) is 29.1 Å². The lowest BCUT2D eigenvalue weighted by Gasteiger charge is -2.05. The van der Waals surface area contributed by atoms with Gasteiger partial charge in [-0.15, -0.1) is 0 Å². The number of aliphatic hydroxyl groups excluding tert-OH is 1. The molecule has 1 aromatic carbocycles. The van der Waals surface area contributed by atoms with Gasteiger partial charge in [-0.1, -0.05) is 0 Å². The summed E-state index contributed by atoms with van der Waals surface area (Å²) in [5.74, 6) is -0.565. The maximum atomic E-state index is 10.8. The van der Waals surface area contributed by atoms with Crippen molar-refractivity contribution >= 4 is 17.0 Å². The molecule has 90 valence electrons. The summed E-state index contributed by atoms with van der Waals surface area (Å²) in [6.07, 6.45) is 0. The first-order valence-corrected chi connectivity index (χ1v) is 5.32. The number of aromatic nitrogens is 2. The molecule has 0 aliphatic heterocycles. The molecule has 2 N–H and O–H groups in total. The number of hydrogen-bond donors (Lipinski definition) is 2. The number of carboxylic acids is 1. The summed E-state index contributed by atoms with van der Waals surface area (Å²) in [5.41, 5.74) is 3.65. The van der Waals surface area contributed by atoms with Crippen LogP contribution in [-0.4, -0.2) is 25.7 Å². The number of aliphatic hydroxyl groups is 1. The normalized spacial score (nSPS) is 11.0. The van der Waals surface area contributed by atoms with E-state index in [-0.39, 0.29) is 13.2 Å². The largest absolute Gasteiger partial charge is 0.480 e. The van der Waals surface area contributed by atoms with Crippen LogP contribution >= 0.6 is 0 Å². The lowest BCUT2D eigenvalue weighted by atomic mass is 10.1. The van der Waals surface area contributed by atoms with E-state index in [1.807, 2.05) is 26.0 Å². The van der Waals surface area contributed by atoms with Crippen LogP contribution in [0.5, 0.6) is 0 Å². The van der Waals surface area contributed by atoms with Gasteiger partial charge in [-0.3, -0.25) is 4.79 Å². The van der Waals surface area contributed by atoms with Crippen molar-refractivity contribution < 1.29 is 15.0 Å². The Balaban J connectivity index is 2.69. The van der Waals surface area contributed by atoms with Gasteiger partial charge in [-0.05, 0) is 37.1 Å². The van der Waals surface area contributed by atoms with Gasteiger partial charge < -0.3 is 14.8 Å². The van der Waals surface area contributed by atoms with Crippen LogP contribution in [0, 0.1) is 13.8 Å². The van der Waals surface area contributed by atoms with Gasteiger partial charge in [0.1, 0.15) is 19.0 Å². The number of aliphatic carboxylic acids is 1. The van der Waals surface area contributed by atoms with Crippen LogP contribution in [0.15, 0.2) is 12.1 Å². The highest BCUT2D eigenvalue weighted by atomic mass is 16.4. The Morgan fingerprint density at radius 3 is 2.59 bits per heavy atom. The molecule has 5 nitrogen and oxygen atoms in total. The maximum Gasteiger partial charge on any atom is 0.323 e. The number of aryl methyl sites for hydroxylation is 2. The standard InChI is InChI=1S/C12H14N2O3/c1-7-3-9-10(4-8(7)2)14(5-12(16)17)11(6-15)13-9/h3-4,15H,5-6H2,1-2H3,(H,16,17). The predicted molar refractivity (Wildman–Crippen MR) is 62.8 cm³/mol. The smallest absolute Gasteiger partial charge is 0.323 e. The van der Waals surface area contributed by atoms with Crippen LogP contribution in [0.1, 0.15) is 17.0 Å². The van der Waals surface area contributed by atoms with E-state index < -0.39 is 5.97 Å². The maximum absolute atomic E-state index is 10.8. The molecule has 0 amide bonds. The molecule has 5 heteroatoms. The van der Waals surface area contributed by atoms with Gasteiger partial charge in [0.25, 0.3) is 0 Å². The molecular weight excluding hydrogens is 220 g/mol. The molecule has 1 aromatic heterocycles. The summed E-state index contributed by atoms with van der Waals surface area (Å²) in [6.45, 7) is 3.49. The topological polar surface area (TPSA) is 75.4 Å². The van der Waals surface area contributed by atoms with Crippen LogP contribution in [0.4, 0.5) is 0 Å². The molecule has 17 heavy (non-hydrogen) atoms.